The highest BCUT2D eigenvalue weighted by Gasteiger charge is 2.30. The number of halogens is 1. The van der Waals surface area contributed by atoms with Crippen LogP contribution in [0, 0.1) is 0 Å². The lowest BCUT2D eigenvalue weighted by Crippen LogP contribution is -2.28. The molecule has 0 radical (unpaired) electrons. The number of amides is 1. The summed E-state index contributed by atoms with van der Waals surface area (Å²) in [6, 6.07) is 11.1. The van der Waals surface area contributed by atoms with Crippen LogP contribution < -0.4 is 10.1 Å². The van der Waals surface area contributed by atoms with Crippen molar-refractivity contribution in [1.82, 2.24) is 4.31 Å². The fourth-order valence-corrected chi connectivity index (χ4v) is 4.65. The lowest BCUT2D eigenvalue weighted by atomic mass is 10.2. The van der Waals surface area contributed by atoms with Gasteiger partial charge in [-0.2, -0.15) is 4.31 Å². The van der Waals surface area contributed by atoms with Gasteiger partial charge in [-0.3, -0.25) is 4.79 Å². The van der Waals surface area contributed by atoms with Gasteiger partial charge in [0.25, 0.3) is 5.91 Å². The van der Waals surface area contributed by atoms with E-state index in [1.807, 2.05) is 0 Å². The normalized spacial score (nSPS) is 15.0. The molecule has 1 fully saturated rings. The van der Waals surface area contributed by atoms with Crippen LogP contribution >= 0.6 is 11.6 Å². The molecule has 1 aliphatic heterocycles. The molecular formula is C18H19ClN2O4S. The Morgan fingerprint density at radius 1 is 1.12 bits per heavy atom. The largest absolute Gasteiger partial charge is 0.495 e. The molecule has 0 aromatic heterocycles. The van der Waals surface area contributed by atoms with Gasteiger partial charge in [-0.05, 0) is 55.3 Å². The van der Waals surface area contributed by atoms with Gasteiger partial charge in [0.15, 0.2) is 0 Å². The van der Waals surface area contributed by atoms with Crippen LogP contribution in [0.3, 0.4) is 0 Å². The van der Waals surface area contributed by atoms with Gasteiger partial charge in [-0.1, -0.05) is 11.6 Å². The molecule has 6 nitrogen and oxygen atoms in total. The van der Waals surface area contributed by atoms with Crippen molar-refractivity contribution in [3.63, 3.8) is 0 Å². The number of hydrogen-bond acceptors (Lipinski definition) is 4. The molecule has 26 heavy (non-hydrogen) atoms. The van der Waals surface area contributed by atoms with Crippen molar-refractivity contribution in [3.8, 4) is 5.75 Å². The second-order valence-corrected chi connectivity index (χ2v) is 8.28. The van der Waals surface area contributed by atoms with E-state index >= 15 is 0 Å². The molecule has 3 rings (SSSR count). The lowest BCUT2D eigenvalue weighted by Gasteiger charge is -2.18. The number of nitrogens with one attached hydrogen (secondary N) is 1. The van der Waals surface area contributed by atoms with Crippen molar-refractivity contribution in [3.05, 3.63) is 53.1 Å². The van der Waals surface area contributed by atoms with Crippen LogP contribution in [-0.4, -0.2) is 38.8 Å². The van der Waals surface area contributed by atoms with Crippen molar-refractivity contribution in [1.29, 1.82) is 0 Å². The van der Waals surface area contributed by atoms with Crippen LogP contribution in [-0.2, 0) is 10.0 Å². The highest BCUT2D eigenvalue weighted by Crippen LogP contribution is 2.30. The monoisotopic (exact) mass is 394 g/mol. The van der Waals surface area contributed by atoms with Crippen LogP contribution in [0.4, 0.5) is 5.69 Å². The van der Waals surface area contributed by atoms with E-state index in [0.717, 1.165) is 12.8 Å². The van der Waals surface area contributed by atoms with Crippen molar-refractivity contribution in [2.75, 3.05) is 25.5 Å². The molecule has 138 valence electrons. The highest BCUT2D eigenvalue weighted by atomic mass is 35.5. The lowest BCUT2D eigenvalue weighted by molar-refractivity contribution is 0.102. The Balaban J connectivity index is 1.91. The molecule has 2 aromatic rings. The number of carbonyl (C=O) groups excluding carboxylic acids is 1. The number of ether oxygens (including phenoxy) is 1. The maximum Gasteiger partial charge on any atom is 0.255 e. The van der Waals surface area contributed by atoms with Crippen molar-refractivity contribution in [2.24, 2.45) is 0 Å². The molecule has 2 aromatic carbocycles. The molecule has 0 aliphatic carbocycles. The van der Waals surface area contributed by atoms with E-state index in [2.05, 4.69) is 5.32 Å². The summed E-state index contributed by atoms with van der Waals surface area (Å²) < 4.78 is 32.4. The summed E-state index contributed by atoms with van der Waals surface area (Å²) in [5.41, 5.74) is 0.803. The van der Waals surface area contributed by atoms with Gasteiger partial charge in [0, 0.05) is 29.4 Å². The standard InChI is InChI=1S/C18H19ClN2O4S/c1-25-16-9-4-13(18(22)20-15-7-5-14(19)6-8-15)12-17(16)26(23,24)21-10-2-3-11-21/h4-9,12H,2-3,10-11H2,1H3,(H,20,22). The third-order valence-corrected chi connectivity index (χ3v) is 6.38. The molecule has 1 aliphatic rings. The van der Waals surface area contributed by atoms with E-state index in [9.17, 15) is 13.2 Å². The van der Waals surface area contributed by atoms with Gasteiger partial charge < -0.3 is 10.1 Å². The third-order valence-electron chi connectivity index (χ3n) is 4.21. The predicted octanol–water partition coefficient (Wildman–Crippen LogP) is 3.39. The van der Waals surface area contributed by atoms with E-state index in [1.165, 1.54) is 29.6 Å². The molecule has 0 bridgehead atoms. The first-order chi connectivity index (χ1) is 12.4. The number of carbonyl (C=O) groups is 1. The molecule has 0 unspecified atom stereocenters. The minimum atomic E-state index is -3.71. The molecule has 0 saturated carbocycles. The van der Waals surface area contributed by atoms with Crippen molar-refractivity contribution in [2.45, 2.75) is 17.7 Å². The maximum absolute atomic E-state index is 12.9. The third kappa shape index (κ3) is 3.85. The van der Waals surface area contributed by atoms with Gasteiger partial charge in [-0.25, -0.2) is 8.42 Å². The molecule has 1 heterocycles. The Labute approximate surface area is 157 Å². The second-order valence-electron chi connectivity index (χ2n) is 5.94. The molecular weight excluding hydrogens is 376 g/mol. The summed E-state index contributed by atoms with van der Waals surface area (Å²) in [6.45, 7) is 0.958. The quantitative estimate of drug-likeness (QED) is 0.843. The number of hydrogen-bond donors (Lipinski definition) is 1. The second kappa shape index (κ2) is 7.65. The maximum atomic E-state index is 12.9. The van der Waals surface area contributed by atoms with E-state index < -0.39 is 15.9 Å². The minimum absolute atomic E-state index is 0.00524. The molecule has 1 N–H and O–H groups in total. The van der Waals surface area contributed by atoms with E-state index in [1.54, 1.807) is 24.3 Å². The Morgan fingerprint density at radius 3 is 2.38 bits per heavy atom. The van der Waals surface area contributed by atoms with Gasteiger partial charge in [-0.15, -0.1) is 0 Å². The van der Waals surface area contributed by atoms with E-state index in [0.29, 0.717) is 23.8 Å². The van der Waals surface area contributed by atoms with Crippen LogP contribution in [0.25, 0.3) is 0 Å². The van der Waals surface area contributed by atoms with Gasteiger partial charge in [0.05, 0.1) is 7.11 Å². The van der Waals surface area contributed by atoms with Crippen LogP contribution in [0.1, 0.15) is 23.2 Å². The molecule has 1 saturated heterocycles. The number of anilines is 1. The minimum Gasteiger partial charge on any atom is -0.495 e. The smallest absolute Gasteiger partial charge is 0.255 e. The Morgan fingerprint density at radius 2 is 1.77 bits per heavy atom. The number of benzene rings is 2. The average Bonchev–Trinajstić information content (AvgIpc) is 3.18. The zero-order valence-electron chi connectivity index (χ0n) is 14.2. The number of sulfonamides is 1. The summed E-state index contributed by atoms with van der Waals surface area (Å²) >= 11 is 5.83. The fraction of sp³-hybridized carbons (Fsp3) is 0.278. The van der Waals surface area contributed by atoms with Crippen LogP contribution in [0.15, 0.2) is 47.4 Å². The SMILES string of the molecule is COc1ccc(C(=O)Nc2ccc(Cl)cc2)cc1S(=O)(=O)N1CCCC1. The number of methoxy groups -OCH3 is 1. The van der Waals surface area contributed by atoms with E-state index in [4.69, 9.17) is 16.3 Å². The number of rotatable bonds is 5. The van der Waals surface area contributed by atoms with Gasteiger partial charge in [0.1, 0.15) is 10.6 Å². The summed E-state index contributed by atoms with van der Waals surface area (Å²) in [7, 11) is -2.30. The molecule has 8 heteroatoms. The summed E-state index contributed by atoms with van der Waals surface area (Å²) in [5, 5.41) is 3.29. The molecule has 1 amide bonds. The van der Waals surface area contributed by atoms with Crippen molar-refractivity contribution >= 4 is 33.2 Å². The Hall–Kier alpha value is -2.09. The van der Waals surface area contributed by atoms with Crippen LogP contribution in [0.2, 0.25) is 5.02 Å². The topological polar surface area (TPSA) is 75.7 Å². The highest BCUT2D eigenvalue weighted by molar-refractivity contribution is 7.89. The predicted molar refractivity (Wildman–Crippen MR) is 100 cm³/mol. The first-order valence-electron chi connectivity index (χ1n) is 8.17. The first kappa shape index (κ1) is 18.7. The molecule has 0 spiro atoms. The summed E-state index contributed by atoms with van der Waals surface area (Å²) in [6.07, 6.45) is 1.66. The Bertz CT molecular complexity index is 907. The zero-order valence-corrected chi connectivity index (χ0v) is 15.8. The average molecular weight is 395 g/mol. The molecule has 0 atom stereocenters. The summed E-state index contributed by atoms with van der Waals surface area (Å²) in [5.74, 6) is -0.187. The van der Waals surface area contributed by atoms with Crippen LogP contribution in [0.5, 0.6) is 5.75 Å². The van der Waals surface area contributed by atoms with Crippen molar-refractivity contribution < 1.29 is 17.9 Å². The number of nitrogens with zero attached hydrogens (tertiary/aromatic N) is 1. The van der Waals surface area contributed by atoms with Gasteiger partial charge in [0.2, 0.25) is 10.0 Å². The first-order valence-corrected chi connectivity index (χ1v) is 9.99. The summed E-state index contributed by atoms with van der Waals surface area (Å²) in [4.78, 5) is 12.5. The van der Waals surface area contributed by atoms with Gasteiger partial charge >= 0.3 is 0 Å². The Kier molecular flexibility index (Phi) is 5.50. The zero-order chi connectivity index (χ0) is 18.7. The van der Waals surface area contributed by atoms with E-state index in [-0.39, 0.29) is 16.2 Å². The fourth-order valence-electron chi connectivity index (χ4n) is 2.82.